The summed E-state index contributed by atoms with van der Waals surface area (Å²) in [4.78, 5) is 6.63. The van der Waals surface area contributed by atoms with Crippen molar-refractivity contribution in [2.24, 2.45) is 4.36 Å². The second-order valence-corrected chi connectivity index (χ2v) is 6.70. The lowest BCUT2D eigenvalue weighted by atomic mass is 10.2. The van der Waals surface area contributed by atoms with E-state index in [9.17, 15) is 0 Å². The predicted molar refractivity (Wildman–Crippen MR) is 98.7 cm³/mol. The molecule has 0 amide bonds. The maximum absolute atomic E-state index is 6.09. The lowest BCUT2D eigenvalue weighted by Gasteiger charge is -2.23. The van der Waals surface area contributed by atoms with Crippen LogP contribution in [0.4, 0.5) is 5.82 Å². The number of rotatable bonds is 7. The molecular formula is C15H14BrCl2N3S. The number of aromatic nitrogens is 1. The van der Waals surface area contributed by atoms with Gasteiger partial charge in [-0.25, -0.2) is 9.35 Å². The second kappa shape index (κ2) is 8.77. The van der Waals surface area contributed by atoms with Crippen molar-refractivity contribution in [2.75, 3.05) is 18.0 Å². The molecule has 1 aromatic heterocycles. The fraction of sp³-hybridized carbons (Fsp3) is 0.267. The van der Waals surface area contributed by atoms with Gasteiger partial charge in [-0.3, -0.25) is 0 Å². The molecule has 0 aliphatic rings. The van der Waals surface area contributed by atoms with Gasteiger partial charge in [-0.1, -0.05) is 29.3 Å². The van der Waals surface area contributed by atoms with Crippen molar-refractivity contribution in [1.29, 1.82) is 0 Å². The van der Waals surface area contributed by atoms with Gasteiger partial charge in [0.25, 0.3) is 0 Å². The highest BCUT2D eigenvalue weighted by molar-refractivity contribution is 9.10. The standard InChI is InChI=1S/C15H14BrCl2N3S/c16-12-3-5-15(19-9-12)21(7-1-6-20-22)10-11-2-4-13(17)14(18)8-11/h2-5,8-9H,1,6-7,10H2. The van der Waals surface area contributed by atoms with Crippen molar-refractivity contribution in [3.8, 4) is 0 Å². The van der Waals surface area contributed by atoms with Gasteiger partial charge in [0.15, 0.2) is 0 Å². The third kappa shape index (κ3) is 5.16. The van der Waals surface area contributed by atoms with Crippen molar-refractivity contribution in [3.63, 3.8) is 0 Å². The highest BCUT2D eigenvalue weighted by Crippen LogP contribution is 2.24. The molecule has 3 nitrogen and oxygen atoms in total. The molecule has 0 aliphatic heterocycles. The van der Waals surface area contributed by atoms with E-state index in [1.807, 2.05) is 30.3 Å². The molecule has 0 saturated heterocycles. The first-order valence-corrected chi connectivity index (χ1v) is 8.61. The van der Waals surface area contributed by atoms with E-state index in [4.69, 9.17) is 23.2 Å². The zero-order valence-corrected chi connectivity index (χ0v) is 15.6. The second-order valence-electron chi connectivity index (χ2n) is 4.71. The summed E-state index contributed by atoms with van der Waals surface area (Å²) >= 11 is 20.1. The molecule has 0 atom stereocenters. The van der Waals surface area contributed by atoms with Crippen LogP contribution < -0.4 is 4.90 Å². The minimum atomic E-state index is 0.559. The van der Waals surface area contributed by atoms with Gasteiger partial charge in [0, 0.05) is 36.2 Å². The van der Waals surface area contributed by atoms with Crippen LogP contribution in [0.5, 0.6) is 0 Å². The highest BCUT2D eigenvalue weighted by atomic mass is 79.9. The normalized spacial score (nSPS) is 10.5. The van der Waals surface area contributed by atoms with E-state index in [0.29, 0.717) is 23.1 Å². The average Bonchev–Trinajstić information content (AvgIpc) is 2.51. The average molecular weight is 419 g/mol. The molecule has 0 unspecified atom stereocenters. The van der Waals surface area contributed by atoms with Crippen LogP contribution in [0.25, 0.3) is 0 Å². The van der Waals surface area contributed by atoms with Crippen molar-refractivity contribution in [1.82, 2.24) is 4.98 Å². The van der Waals surface area contributed by atoms with E-state index in [1.54, 1.807) is 6.20 Å². The van der Waals surface area contributed by atoms with Gasteiger partial charge < -0.3 is 4.90 Å². The maximum Gasteiger partial charge on any atom is 0.128 e. The zero-order chi connectivity index (χ0) is 15.9. The van der Waals surface area contributed by atoms with E-state index in [2.05, 4.69) is 42.6 Å². The number of nitrogens with zero attached hydrogens (tertiary/aromatic N) is 3. The van der Waals surface area contributed by atoms with Gasteiger partial charge in [-0.2, -0.15) is 0 Å². The maximum atomic E-state index is 6.09. The smallest absolute Gasteiger partial charge is 0.128 e. The summed E-state index contributed by atoms with van der Waals surface area (Å²) in [6, 6.07) is 9.61. The summed E-state index contributed by atoms with van der Waals surface area (Å²) in [7, 11) is 0. The molecule has 0 bridgehead atoms. The third-order valence-corrected chi connectivity index (χ3v) is 4.46. The number of benzene rings is 1. The Hall–Kier alpha value is -0.750. The first kappa shape index (κ1) is 17.6. The summed E-state index contributed by atoms with van der Waals surface area (Å²) < 4.78 is 4.69. The molecule has 0 spiro atoms. The number of pyridine rings is 1. The van der Waals surface area contributed by atoms with E-state index in [1.165, 1.54) is 0 Å². The minimum Gasteiger partial charge on any atom is -0.352 e. The molecule has 0 radical (unpaired) electrons. The SMILES string of the molecule is S=NCCCN(Cc1ccc(Cl)c(Cl)c1)c1ccc(Br)cn1. The van der Waals surface area contributed by atoms with Gasteiger partial charge in [0.1, 0.15) is 5.82 Å². The topological polar surface area (TPSA) is 28.5 Å². The molecule has 1 heterocycles. The van der Waals surface area contributed by atoms with Gasteiger partial charge >= 0.3 is 0 Å². The molecule has 2 aromatic rings. The van der Waals surface area contributed by atoms with Crippen LogP contribution in [0.15, 0.2) is 45.4 Å². The number of halogens is 3. The monoisotopic (exact) mass is 417 g/mol. The zero-order valence-electron chi connectivity index (χ0n) is 11.7. The third-order valence-electron chi connectivity index (χ3n) is 3.07. The molecule has 0 saturated carbocycles. The Balaban J connectivity index is 2.17. The first-order chi connectivity index (χ1) is 10.6. The molecule has 7 heteroatoms. The van der Waals surface area contributed by atoms with Gasteiger partial charge in [-0.15, -0.1) is 0 Å². The van der Waals surface area contributed by atoms with E-state index in [-0.39, 0.29) is 0 Å². The fourth-order valence-corrected chi connectivity index (χ4v) is 2.70. The quantitative estimate of drug-likeness (QED) is 0.572. The van der Waals surface area contributed by atoms with Gasteiger partial charge in [0.05, 0.1) is 16.6 Å². The Morgan fingerprint density at radius 2 is 2.00 bits per heavy atom. The lowest BCUT2D eigenvalue weighted by Crippen LogP contribution is -2.25. The van der Waals surface area contributed by atoms with E-state index < -0.39 is 0 Å². The highest BCUT2D eigenvalue weighted by Gasteiger charge is 2.10. The van der Waals surface area contributed by atoms with Crippen molar-refractivity contribution in [3.05, 3.63) is 56.6 Å². The van der Waals surface area contributed by atoms with Gasteiger partial charge in [-0.05, 0) is 52.2 Å². The Morgan fingerprint density at radius 1 is 1.18 bits per heavy atom. The Morgan fingerprint density at radius 3 is 2.64 bits per heavy atom. The van der Waals surface area contributed by atoms with Crippen LogP contribution in [-0.4, -0.2) is 18.1 Å². The Kier molecular flexibility index (Phi) is 7.02. The van der Waals surface area contributed by atoms with Crippen LogP contribution in [0.3, 0.4) is 0 Å². The molecule has 1 aromatic carbocycles. The van der Waals surface area contributed by atoms with Crippen molar-refractivity contribution in [2.45, 2.75) is 13.0 Å². The number of anilines is 1. The molecule has 22 heavy (non-hydrogen) atoms. The predicted octanol–water partition coefficient (Wildman–Crippen LogP) is 5.28. The molecule has 0 fully saturated rings. The first-order valence-electron chi connectivity index (χ1n) is 6.69. The molecule has 0 N–H and O–H groups in total. The lowest BCUT2D eigenvalue weighted by molar-refractivity contribution is 0.729. The largest absolute Gasteiger partial charge is 0.352 e. The summed E-state index contributed by atoms with van der Waals surface area (Å²) in [5.41, 5.74) is 1.08. The van der Waals surface area contributed by atoms with Crippen LogP contribution in [0.1, 0.15) is 12.0 Å². The Bertz CT molecular complexity index is 637. The number of hydrogen-bond acceptors (Lipinski definition) is 4. The van der Waals surface area contributed by atoms with E-state index >= 15 is 0 Å². The molecule has 2 rings (SSSR count). The molecule has 116 valence electrons. The summed E-state index contributed by atoms with van der Waals surface area (Å²) in [6.07, 6.45) is 2.66. The van der Waals surface area contributed by atoms with Gasteiger partial charge in [0.2, 0.25) is 0 Å². The summed E-state index contributed by atoms with van der Waals surface area (Å²) in [5, 5.41) is 1.12. The summed E-state index contributed by atoms with van der Waals surface area (Å²) in [5.74, 6) is 0.902. The fourth-order valence-electron chi connectivity index (χ4n) is 2.01. The summed E-state index contributed by atoms with van der Waals surface area (Å²) in [6.45, 7) is 2.17. The van der Waals surface area contributed by atoms with Crippen molar-refractivity contribution < 1.29 is 0 Å². The Labute approximate surface area is 153 Å². The molecular weight excluding hydrogens is 405 g/mol. The number of hydrogen-bond donors (Lipinski definition) is 0. The minimum absolute atomic E-state index is 0.559. The van der Waals surface area contributed by atoms with Crippen LogP contribution >= 0.6 is 39.1 Å². The van der Waals surface area contributed by atoms with Crippen molar-refractivity contribution >= 4 is 57.4 Å². The molecule has 0 aliphatic carbocycles. The van der Waals surface area contributed by atoms with Crippen LogP contribution in [-0.2, 0) is 19.0 Å². The van der Waals surface area contributed by atoms with Crippen LogP contribution in [0, 0.1) is 0 Å². The van der Waals surface area contributed by atoms with Crippen LogP contribution in [0.2, 0.25) is 10.0 Å². The van der Waals surface area contributed by atoms with E-state index in [0.717, 1.165) is 28.8 Å².